The number of hydrogen-bond acceptors (Lipinski definition) is 5. The summed E-state index contributed by atoms with van der Waals surface area (Å²) in [6.07, 6.45) is 2.21. The number of nitrogens with one attached hydrogen (secondary N) is 2. The average molecular weight is 334 g/mol. The van der Waals surface area contributed by atoms with Crippen molar-refractivity contribution in [3.63, 3.8) is 0 Å². The van der Waals surface area contributed by atoms with Gasteiger partial charge in [0, 0.05) is 11.3 Å². The lowest BCUT2D eigenvalue weighted by Gasteiger charge is -2.19. The van der Waals surface area contributed by atoms with Gasteiger partial charge in [-0.05, 0) is 49.1 Å². The predicted octanol–water partition coefficient (Wildman–Crippen LogP) is 2.45. The molecule has 1 atom stereocenters. The number of aromatic nitrogens is 5. The fraction of sp³-hybridized carbons (Fsp3) is 0.278. The number of carbonyl (C=O) groups excluding carboxylic acids is 1. The Bertz CT molecular complexity index is 888. The van der Waals surface area contributed by atoms with Crippen LogP contribution in [0.5, 0.6) is 0 Å². The first-order valence-corrected chi connectivity index (χ1v) is 8.29. The number of hydrogen-bond donors (Lipinski definition) is 2. The molecule has 0 radical (unpaired) electrons. The fourth-order valence-electron chi connectivity index (χ4n) is 2.97. The molecule has 0 aliphatic heterocycles. The van der Waals surface area contributed by atoms with Crippen LogP contribution < -0.4 is 5.32 Å². The zero-order valence-electron chi connectivity index (χ0n) is 13.8. The van der Waals surface area contributed by atoms with Gasteiger partial charge >= 0.3 is 0 Å². The maximum Gasteiger partial charge on any atom is 0.252 e. The van der Waals surface area contributed by atoms with Crippen molar-refractivity contribution in [2.75, 3.05) is 0 Å². The quantitative estimate of drug-likeness (QED) is 0.747. The van der Waals surface area contributed by atoms with Crippen molar-refractivity contribution in [2.24, 2.45) is 5.92 Å². The number of aromatic amines is 1. The summed E-state index contributed by atoms with van der Waals surface area (Å²) >= 11 is 0. The molecule has 0 bridgehead atoms. The summed E-state index contributed by atoms with van der Waals surface area (Å²) in [7, 11) is 0. The number of benzene rings is 1. The Morgan fingerprint density at radius 1 is 1.20 bits per heavy atom. The van der Waals surface area contributed by atoms with E-state index in [-0.39, 0.29) is 11.9 Å². The Kier molecular flexibility index (Phi) is 3.97. The van der Waals surface area contributed by atoms with Crippen LogP contribution in [0.25, 0.3) is 11.4 Å². The van der Waals surface area contributed by atoms with Gasteiger partial charge in [0.1, 0.15) is 0 Å². The number of aryl methyl sites for hydroxylation is 1. The van der Waals surface area contributed by atoms with E-state index in [1.54, 1.807) is 6.07 Å². The Labute approximate surface area is 144 Å². The van der Waals surface area contributed by atoms with Gasteiger partial charge in [-0.2, -0.15) is 5.21 Å². The molecule has 4 rings (SSSR count). The highest BCUT2D eigenvalue weighted by Crippen LogP contribution is 2.40. The summed E-state index contributed by atoms with van der Waals surface area (Å²) in [4.78, 5) is 17.5. The summed E-state index contributed by atoms with van der Waals surface area (Å²) in [6.45, 7) is 1.96. The second-order valence-corrected chi connectivity index (χ2v) is 6.27. The minimum atomic E-state index is -0.152. The van der Waals surface area contributed by atoms with Crippen LogP contribution in [0.15, 0.2) is 42.5 Å². The summed E-state index contributed by atoms with van der Waals surface area (Å²) in [6, 6.07) is 13.1. The minimum absolute atomic E-state index is 0.0780. The third-order valence-corrected chi connectivity index (χ3v) is 4.37. The molecule has 3 aromatic rings. The van der Waals surface area contributed by atoms with Gasteiger partial charge in [0.2, 0.25) is 5.82 Å². The van der Waals surface area contributed by atoms with Gasteiger partial charge in [-0.1, -0.05) is 24.3 Å². The van der Waals surface area contributed by atoms with Gasteiger partial charge in [0.25, 0.3) is 5.91 Å². The molecule has 1 aliphatic carbocycles. The molecule has 7 heteroatoms. The molecule has 0 saturated heterocycles. The Morgan fingerprint density at radius 2 is 2.04 bits per heavy atom. The largest absolute Gasteiger partial charge is 0.343 e. The minimum Gasteiger partial charge on any atom is -0.343 e. The second-order valence-electron chi connectivity index (χ2n) is 6.27. The van der Waals surface area contributed by atoms with E-state index in [0.717, 1.165) is 24.2 Å². The Hall–Kier alpha value is -3.09. The average Bonchev–Trinajstić information content (AvgIpc) is 3.32. The van der Waals surface area contributed by atoms with Crippen LogP contribution in [0, 0.1) is 12.8 Å². The molecular weight excluding hydrogens is 316 g/mol. The molecule has 1 fully saturated rings. The molecule has 1 amide bonds. The van der Waals surface area contributed by atoms with Crippen LogP contribution in [0.4, 0.5) is 0 Å². The smallest absolute Gasteiger partial charge is 0.252 e. The van der Waals surface area contributed by atoms with E-state index in [1.807, 2.05) is 43.3 Å². The molecular formula is C18H18N6O. The molecule has 2 aromatic heterocycles. The summed E-state index contributed by atoms with van der Waals surface area (Å²) in [5.74, 6) is 0.693. The molecule has 1 aliphatic rings. The van der Waals surface area contributed by atoms with E-state index in [0.29, 0.717) is 22.9 Å². The first-order chi connectivity index (χ1) is 12.2. The highest BCUT2D eigenvalue weighted by atomic mass is 16.1. The van der Waals surface area contributed by atoms with Crippen LogP contribution in [-0.4, -0.2) is 31.5 Å². The van der Waals surface area contributed by atoms with E-state index in [1.165, 1.54) is 0 Å². The molecule has 126 valence electrons. The third kappa shape index (κ3) is 3.26. The van der Waals surface area contributed by atoms with Crippen LogP contribution in [0.1, 0.15) is 40.6 Å². The topological polar surface area (TPSA) is 96.5 Å². The number of pyridine rings is 1. The molecule has 0 unspecified atom stereocenters. The van der Waals surface area contributed by atoms with Crippen molar-refractivity contribution in [3.8, 4) is 11.4 Å². The number of H-pyrrole nitrogens is 1. The summed E-state index contributed by atoms with van der Waals surface area (Å²) in [5.41, 5.74) is 3.04. The normalized spacial score (nSPS) is 14.9. The molecule has 25 heavy (non-hydrogen) atoms. The lowest BCUT2D eigenvalue weighted by Crippen LogP contribution is -2.31. The Balaban J connectivity index is 1.63. The van der Waals surface area contributed by atoms with E-state index < -0.39 is 0 Å². The lowest BCUT2D eigenvalue weighted by molar-refractivity contribution is 0.0931. The molecule has 7 nitrogen and oxygen atoms in total. The van der Waals surface area contributed by atoms with Crippen molar-refractivity contribution in [1.29, 1.82) is 0 Å². The number of rotatable bonds is 5. The van der Waals surface area contributed by atoms with Crippen molar-refractivity contribution < 1.29 is 4.79 Å². The van der Waals surface area contributed by atoms with Gasteiger partial charge in [0.15, 0.2) is 0 Å². The van der Waals surface area contributed by atoms with Gasteiger partial charge in [-0.25, -0.2) is 0 Å². The number of amides is 1. The zero-order valence-corrected chi connectivity index (χ0v) is 13.8. The van der Waals surface area contributed by atoms with Crippen LogP contribution in [0.3, 0.4) is 0 Å². The van der Waals surface area contributed by atoms with Crippen molar-refractivity contribution >= 4 is 5.91 Å². The van der Waals surface area contributed by atoms with Crippen molar-refractivity contribution in [1.82, 2.24) is 30.9 Å². The van der Waals surface area contributed by atoms with E-state index in [2.05, 4.69) is 30.9 Å². The van der Waals surface area contributed by atoms with E-state index in [9.17, 15) is 4.79 Å². The number of nitrogens with zero attached hydrogens (tertiary/aromatic N) is 4. The molecule has 2 heterocycles. The number of carbonyl (C=O) groups is 1. The Morgan fingerprint density at radius 3 is 2.76 bits per heavy atom. The highest BCUT2D eigenvalue weighted by molar-refractivity contribution is 6.00. The van der Waals surface area contributed by atoms with Gasteiger partial charge in [-0.15, -0.1) is 10.2 Å². The summed E-state index contributed by atoms with van der Waals surface area (Å²) in [5, 5.41) is 17.1. The maximum absolute atomic E-state index is 12.9. The van der Waals surface area contributed by atoms with E-state index >= 15 is 0 Å². The first-order valence-electron chi connectivity index (χ1n) is 8.29. The third-order valence-electron chi connectivity index (χ3n) is 4.37. The maximum atomic E-state index is 12.9. The molecule has 0 spiro atoms. The summed E-state index contributed by atoms with van der Waals surface area (Å²) < 4.78 is 0. The van der Waals surface area contributed by atoms with Crippen LogP contribution >= 0.6 is 0 Å². The predicted molar refractivity (Wildman–Crippen MR) is 91.5 cm³/mol. The monoisotopic (exact) mass is 334 g/mol. The lowest BCUT2D eigenvalue weighted by atomic mass is 10.0. The standard InChI is InChI=1S/C18H18N6O/c1-11-5-4-8-15(19-11)16(12-9-10-12)20-18(25)14-7-3-2-6-13(14)17-21-23-24-22-17/h2-8,12,16H,9-10H2,1H3,(H,20,25)(H,21,22,23,24)/t16-/m1/s1. The second kappa shape index (κ2) is 6.43. The van der Waals surface area contributed by atoms with Crippen LogP contribution in [0.2, 0.25) is 0 Å². The molecule has 1 aromatic carbocycles. The molecule has 1 saturated carbocycles. The van der Waals surface area contributed by atoms with Gasteiger partial charge < -0.3 is 5.32 Å². The zero-order chi connectivity index (χ0) is 17.2. The molecule has 2 N–H and O–H groups in total. The van der Waals surface area contributed by atoms with Crippen molar-refractivity contribution in [3.05, 3.63) is 59.4 Å². The van der Waals surface area contributed by atoms with Gasteiger partial charge in [0.05, 0.1) is 17.3 Å². The SMILES string of the molecule is Cc1cccc([C@H](NC(=O)c2ccccc2-c2nn[nH]n2)C2CC2)n1. The highest BCUT2D eigenvalue weighted by Gasteiger charge is 2.35. The van der Waals surface area contributed by atoms with Crippen molar-refractivity contribution in [2.45, 2.75) is 25.8 Å². The first kappa shape index (κ1) is 15.4. The van der Waals surface area contributed by atoms with E-state index in [4.69, 9.17) is 0 Å². The van der Waals surface area contributed by atoms with Gasteiger partial charge in [-0.3, -0.25) is 9.78 Å². The van der Waals surface area contributed by atoms with Crippen LogP contribution in [-0.2, 0) is 0 Å². The number of tetrazole rings is 1. The fourth-order valence-corrected chi connectivity index (χ4v) is 2.97.